The normalized spacial score (nSPS) is 18.8. The van der Waals surface area contributed by atoms with Crippen molar-refractivity contribution >= 4 is 17.3 Å². The Balaban J connectivity index is 2.04. The zero-order valence-corrected chi connectivity index (χ0v) is 13.2. The number of anilines is 1. The van der Waals surface area contributed by atoms with Crippen molar-refractivity contribution in [3.05, 3.63) is 28.8 Å². The summed E-state index contributed by atoms with van der Waals surface area (Å²) in [7, 11) is 1.73. The molecule has 0 bridgehead atoms. The Morgan fingerprint density at radius 2 is 2.30 bits per heavy atom. The van der Waals surface area contributed by atoms with E-state index >= 15 is 0 Å². The molecule has 1 saturated heterocycles. The first-order valence-electron chi connectivity index (χ1n) is 7.47. The van der Waals surface area contributed by atoms with Gasteiger partial charge in [-0.05, 0) is 30.0 Å². The molecule has 1 aliphatic heterocycles. The lowest BCUT2D eigenvalue weighted by Crippen LogP contribution is -2.24. The van der Waals surface area contributed by atoms with Gasteiger partial charge in [0.25, 0.3) is 0 Å². The van der Waals surface area contributed by atoms with Crippen LogP contribution in [0.4, 0.5) is 5.69 Å². The van der Waals surface area contributed by atoms with Crippen LogP contribution in [0, 0.1) is 5.92 Å². The average Bonchev–Trinajstić information content (AvgIpc) is 2.93. The Labute approximate surface area is 127 Å². The van der Waals surface area contributed by atoms with E-state index in [1.165, 1.54) is 24.1 Å². The van der Waals surface area contributed by atoms with Crippen LogP contribution in [0.1, 0.15) is 25.3 Å². The molecule has 1 fully saturated rings. The van der Waals surface area contributed by atoms with E-state index in [1.54, 1.807) is 7.11 Å². The highest BCUT2D eigenvalue weighted by Crippen LogP contribution is 2.30. The summed E-state index contributed by atoms with van der Waals surface area (Å²) in [6.07, 6.45) is 2.55. The second-order valence-corrected chi connectivity index (χ2v) is 5.89. The summed E-state index contributed by atoms with van der Waals surface area (Å²) in [5, 5.41) is 4.24. The number of rotatable bonds is 7. The lowest BCUT2D eigenvalue weighted by atomic mass is 10.1. The Hall–Kier alpha value is -0.770. The SMILES string of the molecule is CCC1CCN(c2cc(Cl)ccc2CNCCOC)C1. The van der Waals surface area contributed by atoms with Gasteiger partial charge in [-0.2, -0.15) is 0 Å². The maximum absolute atomic E-state index is 6.18. The third-order valence-electron chi connectivity index (χ3n) is 4.05. The number of ether oxygens (including phenoxy) is 1. The second-order valence-electron chi connectivity index (χ2n) is 5.45. The molecule has 1 aromatic rings. The van der Waals surface area contributed by atoms with Crippen LogP contribution in [-0.2, 0) is 11.3 Å². The number of halogens is 1. The Bertz CT molecular complexity index is 425. The molecule has 1 atom stereocenters. The summed E-state index contributed by atoms with van der Waals surface area (Å²) >= 11 is 6.18. The number of methoxy groups -OCH3 is 1. The number of nitrogens with one attached hydrogen (secondary N) is 1. The standard InChI is InChI=1S/C16H25ClN2O/c1-3-13-6-8-19(12-13)16-10-15(17)5-4-14(16)11-18-7-9-20-2/h4-5,10,13,18H,3,6-9,11-12H2,1-2H3. The van der Waals surface area contributed by atoms with Crippen molar-refractivity contribution < 1.29 is 4.74 Å². The Kier molecular flexibility index (Phi) is 6.14. The third-order valence-corrected chi connectivity index (χ3v) is 4.28. The summed E-state index contributed by atoms with van der Waals surface area (Å²) in [5.41, 5.74) is 2.61. The van der Waals surface area contributed by atoms with Crippen LogP contribution >= 0.6 is 11.6 Å². The molecule has 1 aromatic carbocycles. The zero-order chi connectivity index (χ0) is 14.4. The minimum absolute atomic E-state index is 0.741. The van der Waals surface area contributed by atoms with Crippen molar-refractivity contribution in [3.8, 4) is 0 Å². The molecule has 0 saturated carbocycles. The maximum atomic E-state index is 6.18. The van der Waals surface area contributed by atoms with Gasteiger partial charge in [0, 0.05) is 44.0 Å². The van der Waals surface area contributed by atoms with E-state index in [2.05, 4.69) is 29.3 Å². The monoisotopic (exact) mass is 296 g/mol. The number of benzene rings is 1. The number of hydrogen-bond donors (Lipinski definition) is 1. The van der Waals surface area contributed by atoms with Gasteiger partial charge >= 0.3 is 0 Å². The van der Waals surface area contributed by atoms with E-state index in [0.29, 0.717) is 0 Å². The summed E-state index contributed by atoms with van der Waals surface area (Å²) < 4.78 is 5.06. The Morgan fingerprint density at radius 3 is 3.00 bits per heavy atom. The maximum Gasteiger partial charge on any atom is 0.0587 e. The van der Waals surface area contributed by atoms with Crippen LogP contribution in [0.3, 0.4) is 0 Å². The summed E-state index contributed by atoms with van der Waals surface area (Å²) in [6.45, 7) is 7.05. The molecule has 0 amide bonds. The van der Waals surface area contributed by atoms with Crippen molar-refractivity contribution in [3.63, 3.8) is 0 Å². The molecule has 1 unspecified atom stereocenters. The lowest BCUT2D eigenvalue weighted by Gasteiger charge is -2.22. The van der Waals surface area contributed by atoms with Crippen molar-refractivity contribution in [2.45, 2.75) is 26.3 Å². The molecule has 1 aliphatic rings. The molecule has 3 nitrogen and oxygen atoms in total. The van der Waals surface area contributed by atoms with Crippen LogP contribution < -0.4 is 10.2 Å². The highest BCUT2D eigenvalue weighted by Gasteiger charge is 2.22. The van der Waals surface area contributed by atoms with Crippen LogP contribution in [0.25, 0.3) is 0 Å². The molecule has 1 heterocycles. The topological polar surface area (TPSA) is 24.5 Å². The molecular formula is C16H25ClN2O. The minimum atomic E-state index is 0.741. The van der Waals surface area contributed by atoms with Gasteiger partial charge in [-0.1, -0.05) is 31.0 Å². The van der Waals surface area contributed by atoms with Gasteiger partial charge in [0.2, 0.25) is 0 Å². The smallest absolute Gasteiger partial charge is 0.0587 e. The first-order valence-corrected chi connectivity index (χ1v) is 7.85. The van der Waals surface area contributed by atoms with E-state index in [1.807, 2.05) is 6.07 Å². The third kappa shape index (κ3) is 4.11. The van der Waals surface area contributed by atoms with Gasteiger partial charge in [0.05, 0.1) is 6.61 Å². The lowest BCUT2D eigenvalue weighted by molar-refractivity contribution is 0.199. The molecule has 4 heteroatoms. The van der Waals surface area contributed by atoms with Gasteiger partial charge < -0.3 is 15.0 Å². The molecular weight excluding hydrogens is 272 g/mol. The van der Waals surface area contributed by atoms with E-state index in [4.69, 9.17) is 16.3 Å². The molecule has 0 aromatic heterocycles. The first kappa shape index (κ1) is 15.6. The van der Waals surface area contributed by atoms with E-state index in [9.17, 15) is 0 Å². The summed E-state index contributed by atoms with van der Waals surface area (Å²) in [6, 6.07) is 6.22. The predicted octanol–water partition coefficient (Wildman–Crippen LogP) is 3.31. The van der Waals surface area contributed by atoms with Crippen molar-refractivity contribution in [2.24, 2.45) is 5.92 Å². The van der Waals surface area contributed by atoms with E-state index in [-0.39, 0.29) is 0 Å². The minimum Gasteiger partial charge on any atom is -0.383 e. The fourth-order valence-electron chi connectivity index (χ4n) is 2.76. The van der Waals surface area contributed by atoms with Crippen molar-refractivity contribution in [1.29, 1.82) is 0 Å². The van der Waals surface area contributed by atoms with Gasteiger partial charge in [-0.3, -0.25) is 0 Å². The van der Waals surface area contributed by atoms with Crippen LogP contribution in [0.15, 0.2) is 18.2 Å². The zero-order valence-electron chi connectivity index (χ0n) is 12.5. The molecule has 0 spiro atoms. The molecule has 112 valence electrons. The van der Waals surface area contributed by atoms with E-state index in [0.717, 1.165) is 43.7 Å². The highest BCUT2D eigenvalue weighted by molar-refractivity contribution is 6.30. The number of nitrogens with zero attached hydrogens (tertiary/aromatic N) is 1. The fourth-order valence-corrected chi connectivity index (χ4v) is 2.93. The van der Waals surface area contributed by atoms with Gasteiger partial charge in [-0.15, -0.1) is 0 Å². The summed E-state index contributed by atoms with van der Waals surface area (Å²) in [5.74, 6) is 0.822. The summed E-state index contributed by atoms with van der Waals surface area (Å²) in [4.78, 5) is 2.48. The molecule has 2 rings (SSSR count). The largest absolute Gasteiger partial charge is 0.383 e. The van der Waals surface area contributed by atoms with E-state index < -0.39 is 0 Å². The van der Waals surface area contributed by atoms with Crippen LogP contribution in [-0.4, -0.2) is 33.4 Å². The van der Waals surface area contributed by atoms with Gasteiger partial charge in [0.1, 0.15) is 0 Å². The first-order chi connectivity index (χ1) is 9.74. The average molecular weight is 297 g/mol. The molecule has 1 N–H and O–H groups in total. The Morgan fingerprint density at radius 1 is 1.45 bits per heavy atom. The predicted molar refractivity (Wildman–Crippen MR) is 85.6 cm³/mol. The highest BCUT2D eigenvalue weighted by atomic mass is 35.5. The fraction of sp³-hybridized carbons (Fsp3) is 0.625. The molecule has 20 heavy (non-hydrogen) atoms. The van der Waals surface area contributed by atoms with Gasteiger partial charge in [-0.25, -0.2) is 0 Å². The van der Waals surface area contributed by atoms with Gasteiger partial charge in [0.15, 0.2) is 0 Å². The second kappa shape index (κ2) is 7.87. The van der Waals surface area contributed by atoms with Crippen LogP contribution in [0.2, 0.25) is 5.02 Å². The van der Waals surface area contributed by atoms with Crippen molar-refractivity contribution in [2.75, 3.05) is 38.3 Å². The quantitative estimate of drug-likeness (QED) is 0.781. The van der Waals surface area contributed by atoms with Crippen LogP contribution in [0.5, 0.6) is 0 Å². The number of hydrogen-bond acceptors (Lipinski definition) is 3. The van der Waals surface area contributed by atoms with Crippen molar-refractivity contribution in [1.82, 2.24) is 5.32 Å². The molecule has 0 aliphatic carbocycles. The molecule has 0 radical (unpaired) electrons.